The molecule has 3 aromatic rings. The highest BCUT2D eigenvalue weighted by Gasteiger charge is 2.16. The van der Waals surface area contributed by atoms with Crippen molar-refractivity contribution in [2.24, 2.45) is 5.84 Å². The Labute approximate surface area is 125 Å². The summed E-state index contributed by atoms with van der Waals surface area (Å²) in [6, 6.07) is 2.29. The van der Waals surface area contributed by atoms with E-state index in [4.69, 9.17) is 10.6 Å². The lowest BCUT2D eigenvalue weighted by Gasteiger charge is -2.09. The summed E-state index contributed by atoms with van der Waals surface area (Å²) in [5, 5.41) is 0. The molecule has 3 N–H and O–H groups in total. The molecule has 9 heteroatoms. The van der Waals surface area contributed by atoms with Crippen molar-refractivity contribution in [2.45, 2.75) is 0 Å². The molecule has 0 saturated heterocycles. The first kappa shape index (κ1) is 13.7. The predicted molar refractivity (Wildman–Crippen MR) is 74.9 cm³/mol. The molecule has 0 amide bonds. The first-order valence-corrected chi connectivity index (χ1v) is 6.50. The van der Waals surface area contributed by atoms with Gasteiger partial charge in [-0.2, -0.15) is 9.37 Å². The number of anilines is 1. The molecule has 0 atom stereocenters. The molecule has 0 spiro atoms. The predicted octanol–water partition coefficient (Wildman–Crippen LogP) is 2.85. The van der Waals surface area contributed by atoms with Gasteiger partial charge in [-0.3, -0.25) is 4.40 Å². The first-order chi connectivity index (χ1) is 10.1. The van der Waals surface area contributed by atoms with Crippen molar-refractivity contribution in [1.29, 1.82) is 0 Å². The van der Waals surface area contributed by atoms with Gasteiger partial charge in [0.1, 0.15) is 0 Å². The van der Waals surface area contributed by atoms with Crippen LogP contribution in [0.5, 0.6) is 11.6 Å². The lowest BCUT2D eigenvalue weighted by atomic mass is 10.3. The Morgan fingerprint density at radius 2 is 2.14 bits per heavy atom. The molecule has 0 radical (unpaired) electrons. The number of nitrogen functional groups attached to an aromatic ring is 1. The standard InChI is InChI=1S/C12H8BrF2N5O/c13-6-3-7(14)10(15)8(4-6)21-12-11-17-1-2-20(11)5-9(18-12)19-16/h1-5,19H,16H2. The van der Waals surface area contributed by atoms with Crippen LogP contribution in [0.2, 0.25) is 0 Å². The third kappa shape index (κ3) is 2.52. The van der Waals surface area contributed by atoms with E-state index in [9.17, 15) is 8.78 Å². The van der Waals surface area contributed by atoms with Gasteiger partial charge in [0.2, 0.25) is 11.5 Å². The average molecular weight is 356 g/mol. The lowest BCUT2D eigenvalue weighted by Crippen LogP contribution is -2.10. The SMILES string of the molecule is NNc1cn2ccnc2c(Oc2cc(Br)cc(F)c2F)n1. The number of benzene rings is 1. The zero-order valence-corrected chi connectivity index (χ0v) is 11.9. The fraction of sp³-hybridized carbons (Fsp3) is 0. The van der Waals surface area contributed by atoms with E-state index in [1.807, 2.05) is 0 Å². The maximum atomic E-state index is 13.8. The number of aromatic nitrogens is 3. The van der Waals surface area contributed by atoms with Gasteiger partial charge in [0.05, 0.1) is 6.20 Å². The van der Waals surface area contributed by atoms with Crippen LogP contribution < -0.4 is 16.0 Å². The van der Waals surface area contributed by atoms with Crippen LogP contribution in [-0.2, 0) is 0 Å². The Morgan fingerprint density at radius 1 is 1.33 bits per heavy atom. The van der Waals surface area contributed by atoms with Crippen LogP contribution in [0.1, 0.15) is 0 Å². The maximum absolute atomic E-state index is 13.8. The normalized spacial score (nSPS) is 10.9. The van der Waals surface area contributed by atoms with Gasteiger partial charge in [-0.15, -0.1) is 0 Å². The van der Waals surface area contributed by atoms with Crippen molar-refractivity contribution in [3.8, 4) is 11.6 Å². The van der Waals surface area contributed by atoms with Gasteiger partial charge >= 0.3 is 0 Å². The van der Waals surface area contributed by atoms with Crippen molar-refractivity contribution in [3.63, 3.8) is 0 Å². The van der Waals surface area contributed by atoms with Crippen LogP contribution in [0.4, 0.5) is 14.6 Å². The topological polar surface area (TPSA) is 77.5 Å². The summed E-state index contributed by atoms with van der Waals surface area (Å²) in [7, 11) is 0. The van der Waals surface area contributed by atoms with E-state index in [2.05, 4.69) is 31.3 Å². The summed E-state index contributed by atoms with van der Waals surface area (Å²) >= 11 is 3.07. The molecule has 108 valence electrons. The number of rotatable bonds is 3. The minimum Gasteiger partial charge on any atom is -0.433 e. The number of ether oxygens (including phenoxy) is 1. The summed E-state index contributed by atoms with van der Waals surface area (Å²) in [5.41, 5.74) is 2.70. The molecule has 0 aliphatic carbocycles. The van der Waals surface area contributed by atoms with E-state index in [1.165, 1.54) is 12.3 Å². The number of nitrogens with two attached hydrogens (primary N) is 1. The van der Waals surface area contributed by atoms with E-state index >= 15 is 0 Å². The molecule has 2 heterocycles. The Kier molecular flexibility index (Phi) is 3.43. The molecule has 0 fully saturated rings. The fourth-order valence-electron chi connectivity index (χ4n) is 1.75. The number of hydrogen-bond donors (Lipinski definition) is 2. The van der Waals surface area contributed by atoms with E-state index in [0.29, 0.717) is 10.1 Å². The second-order valence-electron chi connectivity index (χ2n) is 4.04. The molecule has 1 aromatic carbocycles. The second kappa shape index (κ2) is 5.26. The number of imidazole rings is 1. The largest absolute Gasteiger partial charge is 0.433 e. The molecule has 6 nitrogen and oxygen atoms in total. The smallest absolute Gasteiger partial charge is 0.266 e. The van der Waals surface area contributed by atoms with Gasteiger partial charge < -0.3 is 10.2 Å². The summed E-state index contributed by atoms with van der Waals surface area (Å²) in [6.07, 6.45) is 4.73. The minimum atomic E-state index is -1.11. The molecule has 0 bridgehead atoms. The van der Waals surface area contributed by atoms with Gasteiger partial charge in [0.15, 0.2) is 17.4 Å². The highest BCUT2D eigenvalue weighted by atomic mass is 79.9. The highest BCUT2D eigenvalue weighted by molar-refractivity contribution is 9.10. The third-order valence-electron chi connectivity index (χ3n) is 2.66. The number of nitrogens with zero attached hydrogens (tertiary/aromatic N) is 3. The van der Waals surface area contributed by atoms with E-state index in [-0.39, 0.29) is 17.4 Å². The van der Waals surface area contributed by atoms with Crippen LogP contribution in [0.25, 0.3) is 5.65 Å². The average Bonchev–Trinajstić information content (AvgIpc) is 2.92. The molecule has 0 unspecified atom stereocenters. The maximum Gasteiger partial charge on any atom is 0.266 e. The fourth-order valence-corrected chi connectivity index (χ4v) is 2.16. The zero-order chi connectivity index (χ0) is 15.0. The van der Waals surface area contributed by atoms with Gasteiger partial charge in [-0.05, 0) is 12.1 Å². The molecule has 0 aliphatic rings. The van der Waals surface area contributed by atoms with Crippen molar-refractivity contribution >= 4 is 27.4 Å². The van der Waals surface area contributed by atoms with E-state index in [0.717, 1.165) is 6.07 Å². The second-order valence-corrected chi connectivity index (χ2v) is 4.95. The van der Waals surface area contributed by atoms with Crippen molar-refractivity contribution in [3.05, 3.63) is 46.8 Å². The van der Waals surface area contributed by atoms with Crippen molar-refractivity contribution < 1.29 is 13.5 Å². The van der Waals surface area contributed by atoms with Crippen LogP contribution in [0.3, 0.4) is 0 Å². The Bertz CT molecular complexity index is 823. The van der Waals surface area contributed by atoms with E-state index < -0.39 is 11.6 Å². The van der Waals surface area contributed by atoms with Gasteiger partial charge in [0, 0.05) is 16.9 Å². The molecule has 3 rings (SSSR count). The molecule has 2 aromatic heterocycles. The third-order valence-corrected chi connectivity index (χ3v) is 3.12. The van der Waals surface area contributed by atoms with Gasteiger partial charge in [-0.1, -0.05) is 15.9 Å². The summed E-state index contributed by atoms with van der Waals surface area (Å²) in [5.74, 6) is 3.12. The Morgan fingerprint density at radius 3 is 2.90 bits per heavy atom. The lowest BCUT2D eigenvalue weighted by molar-refractivity contribution is 0.406. The first-order valence-electron chi connectivity index (χ1n) is 5.71. The number of halogens is 3. The summed E-state index contributed by atoms with van der Waals surface area (Å²) in [4.78, 5) is 8.08. The van der Waals surface area contributed by atoms with Crippen LogP contribution in [0.15, 0.2) is 35.2 Å². The number of hydrogen-bond acceptors (Lipinski definition) is 5. The van der Waals surface area contributed by atoms with Crippen molar-refractivity contribution in [1.82, 2.24) is 14.4 Å². The Balaban J connectivity index is 2.11. The molecular weight excluding hydrogens is 348 g/mol. The summed E-state index contributed by atoms with van der Waals surface area (Å²) < 4.78 is 34.4. The molecule has 21 heavy (non-hydrogen) atoms. The number of nitrogens with one attached hydrogen (secondary N) is 1. The molecule has 0 saturated carbocycles. The van der Waals surface area contributed by atoms with Crippen LogP contribution in [0, 0.1) is 11.6 Å². The minimum absolute atomic E-state index is 0.00755. The van der Waals surface area contributed by atoms with E-state index in [1.54, 1.807) is 16.8 Å². The Hall–Kier alpha value is -2.26. The van der Waals surface area contributed by atoms with Gasteiger partial charge in [-0.25, -0.2) is 15.2 Å². The summed E-state index contributed by atoms with van der Waals surface area (Å²) in [6.45, 7) is 0. The zero-order valence-electron chi connectivity index (χ0n) is 10.3. The quantitative estimate of drug-likeness (QED) is 0.429. The molecular formula is C12H8BrF2N5O. The highest BCUT2D eigenvalue weighted by Crippen LogP contribution is 2.30. The van der Waals surface area contributed by atoms with Crippen molar-refractivity contribution in [2.75, 3.05) is 5.43 Å². The van der Waals surface area contributed by atoms with Crippen LogP contribution in [-0.4, -0.2) is 14.4 Å². The van der Waals surface area contributed by atoms with Crippen LogP contribution >= 0.6 is 15.9 Å². The number of fused-ring (bicyclic) bond motifs is 1. The molecule has 0 aliphatic heterocycles. The number of hydrazine groups is 1. The monoisotopic (exact) mass is 355 g/mol. The van der Waals surface area contributed by atoms with Gasteiger partial charge in [0.25, 0.3) is 5.88 Å².